The molecule has 1 aliphatic carbocycles. The monoisotopic (exact) mass is 419 g/mol. The van der Waals surface area contributed by atoms with Crippen LogP contribution in [0.5, 0.6) is 0 Å². The van der Waals surface area contributed by atoms with E-state index in [4.69, 9.17) is 0 Å². The Morgan fingerprint density at radius 1 is 1.16 bits per heavy atom. The molecule has 3 heterocycles. The third kappa shape index (κ3) is 3.78. The molecule has 1 N–H and O–H groups in total. The van der Waals surface area contributed by atoms with Crippen molar-refractivity contribution in [1.82, 2.24) is 24.4 Å². The summed E-state index contributed by atoms with van der Waals surface area (Å²) < 4.78 is 3.40. The number of aryl methyl sites for hydroxylation is 1. The SMILES string of the molecule is Cn1c2c(c(=O)n3ncc(C(=O)NC4CCCCC4)c13)CN(Cc1ccccc1)CC2. The average Bonchev–Trinajstić information content (AvgIpc) is 3.25. The summed E-state index contributed by atoms with van der Waals surface area (Å²) in [6.45, 7) is 2.29. The summed E-state index contributed by atoms with van der Waals surface area (Å²) >= 11 is 0. The topological polar surface area (TPSA) is 71.6 Å². The molecule has 31 heavy (non-hydrogen) atoms. The Kier molecular flexibility index (Phi) is 5.36. The molecule has 0 spiro atoms. The number of amides is 1. The molecule has 0 saturated heterocycles. The predicted molar refractivity (Wildman–Crippen MR) is 119 cm³/mol. The number of fused-ring (bicyclic) bond motifs is 2. The van der Waals surface area contributed by atoms with Crippen LogP contribution in [0, 0.1) is 0 Å². The fraction of sp³-hybridized carbons (Fsp3) is 0.458. The minimum Gasteiger partial charge on any atom is -0.349 e. The van der Waals surface area contributed by atoms with E-state index in [1.165, 1.54) is 16.5 Å². The number of aromatic nitrogens is 3. The van der Waals surface area contributed by atoms with Gasteiger partial charge in [0.15, 0.2) is 5.65 Å². The van der Waals surface area contributed by atoms with Crippen molar-refractivity contribution in [1.29, 1.82) is 0 Å². The van der Waals surface area contributed by atoms with E-state index in [1.54, 1.807) is 6.20 Å². The Morgan fingerprint density at radius 3 is 2.71 bits per heavy atom. The summed E-state index contributed by atoms with van der Waals surface area (Å²) in [6.07, 6.45) is 7.93. The number of carbonyl (C=O) groups is 1. The van der Waals surface area contributed by atoms with E-state index in [0.717, 1.165) is 56.5 Å². The molecule has 2 aromatic heterocycles. The van der Waals surface area contributed by atoms with E-state index >= 15 is 0 Å². The highest BCUT2D eigenvalue weighted by Gasteiger charge is 2.27. The maximum absolute atomic E-state index is 13.3. The second kappa shape index (κ2) is 8.30. The quantitative estimate of drug-likeness (QED) is 0.706. The van der Waals surface area contributed by atoms with Crippen LogP contribution in [-0.2, 0) is 26.6 Å². The molecule has 0 unspecified atom stereocenters. The molecule has 1 aromatic carbocycles. The lowest BCUT2D eigenvalue weighted by atomic mass is 9.95. The van der Waals surface area contributed by atoms with E-state index in [1.807, 2.05) is 29.8 Å². The van der Waals surface area contributed by atoms with Gasteiger partial charge in [-0.05, 0) is 18.4 Å². The lowest BCUT2D eigenvalue weighted by molar-refractivity contribution is 0.0929. The number of rotatable bonds is 4. The first-order chi connectivity index (χ1) is 15.1. The summed E-state index contributed by atoms with van der Waals surface area (Å²) in [7, 11) is 1.94. The van der Waals surface area contributed by atoms with Gasteiger partial charge < -0.3 is 9.88 Å². The minimum absolute atomic E-state index is 0.113. The highest BCUT2D eigenvalue weighted by atomic mass is 16.2. The van der Waals surface area contributed by atoms with Gasteiger partial charge in [-0.1, -0.05) is 49.6 Å². The molecule has 1 fully saturated rings. The van der Waals surface area contributed by atoms with Gasteiger partial charge in [0.1, 0.15) is 5.56 Å². The van der Waals surface area contributed by atoms with Gasteiger partial charge in [0.2, 0.25) is 0 Å². The summed E-state index contributed by atoms with van der Waals surface area (Å²) in [5, 5.41) is 7.47. The fourth-order valence-corrected chi connectivity index (χ4v) is 5.09. The number of carbonyl (C=O) groups excluding carboxylic acids is 1. The van der Waals surface area contributed by atoms with Gasteiger partial charge in [0, 0.05) is 44.8 Å². The largest absolute Gasteiger partial charge is 0.349 e. The van der Waals surface area contributed by atoms with Crippen molar-refractivity contribution < 1.29 is 4.79 Å². The van der Waals surface area contributed by atoms with Crippen LogP contribution in [0.3, 0.4) is 0 Å². The number of nitrogens with zero attached hydrogens (tertiary/aromatic N) is 4. The van der Waals surface area contributed by atoms with Crippen molar-refractivity contribution in [3.63, 3.8) is 0 Å². The van der Waals surface area contributed by atoms with Crippen molar-refractivity contribution in [3.8, 4) is 0 Å². The third-order valence-corrected chi connectivity index (χ3v) is 6.75. The number of hydrogen-bond donors (Lipinski definition) is 1. The molecule has 5 rings (SSSR count). The van der Waals surface area contributed by atoms with Crippen LogP contribution in [0.1, 0.15) is 59.3 Å². The molecule has 0 bridgehead atoms. The van der Waals surface area contributed by atoms with Crippen molar-refractivity contribution in [2.75, 3.05) is 6.54 Å². The molecule has 0 atom stereocenters. The van der Waals surface area contributed by atoms with Crippen molar-refractivity contribution in [3.05, 3.63) is 69.3 Å². The van der Waals surface area contributed by atoms with E-state index < -0.39 is 0 Å². The summed E-state index contributed by atoms with van der Waals surface area (Å²) in [4.78, 5) is 28.6. The van der Waals surface area contributed by atoms with Crippen LogP contribution in [0.4, 0.5) is 0 Å². The molecular weight excluding hydrogens is 390 g/mol. The van der Waals surface area contributed by atoms with Gasteiger partial charge in [-0.2, -0.15) is 9.61 Å². The van der Waals surface area contributed by atoms with E-state index in [9.17, 15) is 9.59 Å². The van der Waals surface area contributed by atoms with Crippen LogP contribution >= 0.6 is 0 Å². The molecule has 1 amide bonds. The van der Waals surface area contributed by atoms with Gasteiger partial charge in [0.05, 0.1) is 11.8 Å². The first-order valence-corrected chi connectivity index (χ1v) is 11.3. The van der Waals surface area contributed by atoms with Crippen LogP contribution in [0.2, 0.25) is 0 Å². The van der Waals surface area contributed by atoms with Crippen molar-refractivity contribution >= 4 is 11.6 Å². The van der Waals surface area contributed by atoms with Gasteiger partial charge in [-0.3, -0.25) is 14.5 Å². The lowest BCUT2D eigenvalue weighted by Crippen LogP contribution is -2.39. The average molecular weight is 420 g/mol. The first kappa shape index (κ1) is 20.0. The van der Waals surface area contributed by atoms with E-state index in [-0.39, 0.29) is 17.5 Å². The standard InChI is InChI=1S/C24H29N5O2/c1-27-21-12-13-28(15-17-8-4-2-5-9-17)16-20(21)24(31)29-23(27)19(14-25-29)22(30)26-18-10-6-3-7-11-18/h2,4-5,8-9,14,18H,3,6-7,10-13,15-16H2,1H3,(H,26,30). The number of benzene rings is 1. The summed E-state index contributed by atoms with van der Waals surface area (Å²) in [5.74, 6) is -0.127. The Labute approximate surface area is 181 Å². The first-order valence-electron chi connectivity index (χ1n) is 11.3. The molecule has 7 heteroatoms. The second-order valence-corrected chi connectivity index (χ2v) is 8.84. The molecule has 7 nitrogen and oxygen atoms in total. The predicted octanol–water partition coefficient (Wildman–Crippen LogP) is 2.65. The molecule has 162 valence electrons. The zero-order valence-electron chi connectivity index (χ0n) is 18.0. The maximum Gasteiger partial charge on any atom is 0.279 e. The fourth-order valence-electron chi connectivity index (χ4n) is 5.09. The normalized spacial score (nSPS) is 17.6. The highest BCUT2D eigenvalue weighted by molar-refractivity contribution is 6.00. The highest BCUT2D eigenvalue weighted by Crippen LogP contribution is 2.22. The van der Waals surface area contributed by atoms with Gasteiger partial charge >= 0.3 is 0 Å². The second-order valence-electron chi connectivity index (χ2n) is 8.84. The maximum atomic E-state index is 13.3. The number of nitrogens with one attached hydrogen (secondary N) is 1. The Morgan fingerprint density at radius 2 is 1.94 bits per heavy atom. The van der Waals surface area contributed by atoms with Gasteiger partial charge in [-0.15, -0.1) is 0 Å². The van der Waals surface area contributed by atoms with E-state index in [2.05, 4.69) is 27.4 Å². The lowest BCUT2D eigenvalue weighted by Gasteiger charge is -2.30. The van der Waals surface area contributed by atoms with Crippen LogP contribution in [-0.4, -0.2) is 37.6 Å². The van der Waals surface area contributed by atoms with Crippen LogP contribution < -0.4 is 10.9 Å². The molecular formula is C24H29N5O2. The molecule has 0 radical (unpaired) electrons. The van der Waals surface area contributed by atoms with Gasteiger partial charge in [-0.25, -0.2) is 0 Å². The minimum atomic E-state index is -0.127. The zero-order valence-corrected chi connectivity index (χ0v) is 18.0. The molecule has 1 aliphatic heterocycles. The van der Waals surface area contributed by atoms with Crippen LogP contribution in [0.25, 0.3) is 5.65 Å². The summed E-state index contributed by atoms with van der Waals surface area (Å²) in [5.41, 5.74) is 3.99. The number of hydrogen-bond acceptors (Lipinski definition) is 4. The third-order valence-electron chi connectivity index (χ3n) is 6.75. The molecule has 1 saturated carbocycles. The van der Waals surface area contributed by atoms with Gasteiger partial charge in [0.25, 0.3) is 11.5 Å². The van der Waals surface area contributed by atoms with Crippen LogP contribution in [0.15, 0.2) is 41.3 Å². The Hall–Kier alpha value is -2.93. The zero-order chi connectivity index (χ0) is 21.4. The Balaban J connectivity index is 1.44. The molecule has 3 aromatic rings. The Bertz CT molecular complexity index is 1160. The summed E-state index contributed by atoms with van der Waals surface area (Å²) in [6, 6.07) is 10.5. The smallest absolute Gasteiger partial charge is 0.279 e. The van der Waals surface area contributed by atoms with Crippen molar-refractivity contribution in [2.24, 2.45) is 7.05 Å². The van der Waals surface area contributed by atoms with E-state index in [0.29, 0.717) is 17.8 Å². The molecule has 2 aliphatic rings. The van der Waals surface area contributed by atoms with Crippen molar-refractivity contribution in [2.45, 2.75) is 57.7 Å².